The Morgan fingerprint density at radius 1 is 1.50 bits per heavy atom. The largest absolute Gasteiger partial charge is 0.367 e. The van der Waals surface area contributed by atoms with Crippen LogP contribution in [0.3, 0.4) is 0 Å². The molecule has 0 bridgehead atoms. The van der Waals surface area contributed by atoms with E-state index < -0.39 is 27.9 Å². The number of ether oxygens (including phenoxy) is 1. The van der Waals surface area contributed by atoms with Crippen molar-refractivity contribution in [2.45, 2.75) is 11.0 Å². The minimum atomic E-state index is -3.87. The number of sulfonamides is 1. The predicted octanol–water partition coefficient (Wildman–Crippen LogP) is 0.354. The highest BCUT2D eigenvalue weighted by atomic mass is 35.5. The third-order valence-electron chi connectivity index (χ3n) is 2.88. The smallest absolute Gasteiger partial charge is 0.247 e. The number of halogens is 2. The lowest BCUT2D eigenvalue weighted by Gasteiger charge is -2.30. The summed E-state index contributed by atoms with van der Waals surface area (Å²) in [7, 11) is -3.87. The molecule has 1 heterocycles. The van der Waals surface area contributed by atoms with E-state index in [-0.39, 0.29) is 29.6 Å². The van der Waals surface area contributed by atoms with Gasteiger partial charge in [-0.25, -0.2) is 12.8 Å². The van der Waals surface area contributed by atoms with Gasteiger partial charge in [-0.2, -0.15) is 4.31 Å². The standard InChI is InChI=1S/C11H12ClFN2O4S/c12-8-5-7(1-2-9(8)13)20(17,18)15-3-4-19-10(6-15)11(14)16/h1-2,5,10H,3-4,6H2,(H2,14,16). The molecule has 0 saturated carbocycles. The SMILES string of the molecule is NC(=O)C1CN(S(=O)(=O)c2ccc(F)c(Cl)c2)CCO1. The third kappa shape index (κ3) is 2.93. The maximum absolute atomic E-state index is 13.1. The molecule has 0 aromatic heterocycles. The van der Waals surface area contributed by atoms with Crippen molar-refractivity contribution in [3.8, 4) is 0 Å². The van der Waals surface area contributed by atoms with Gasteiger partial charge in [0, 0.05) is 13.1 Å². The Bertz CT molecular complexity index is 637. The summed E-state index contributed by atoms with van der Waals surface area (Å²) >= 11 is 5.58. The van der Waals surface area contributed by atoms with Crippen LogP contribution in [0.1, 0.15) is 0 Å². The minimum absolute atomic E-state index is 0.0573. The van der Waals surface area contributed by atoms with Crippen molar-refractivity contribution in [2.24, 2.45) is 5.73 Å². The average molecular weight is 323 g/mol. The summed E-state index contributed by atoms with van der Waals surface area (Å²) in [6, 6.07) is 3.12. The van der Waals surface area contributed by atoms with E-state index in [1.165, 1.54) is 0 Å². The maximum atomic E-state index is 13.1. The van der Waals surface area contributed by atoms with Gasteiger partial charge in [0.25, 0.3) is 0 Å². The Hall–Kier alpha value is -1.22. The predicted molar refractivity (Wildman–Crippen MR) is 69.1 cm³/mol. The summed E-state index contributed by atoms with van der Waals surface area (Å²) in [5.41, 5.74) is 5.10. The maximum Gasteiger partial charge on any atom is 0.247 e. The molecule has 1 fully saturated rings. The second-order valence-electron chi connectivity index (χ2n) is 4.20. The van der Waals surface area contributed by atoms with E-state index in [0.717, 1.165) is 22.5 Å². The zero-order valence-corrected chi connectivity index (χ0v) is 11.8. The molecular weight excluding hydrogens is 311 g/mol. The molecule has 6 nitrogen and oxygen atoms in total. The molecule has 1 atom stereocenters. The number of carbonyl (C=O) groups is 1. The molecule has 1 amide bonds. The van der Waals surface area contributed by atoms with Crippen LogP contribution in [0.5, 0.6) is 0 Å². The molecule has 1 saturated heterocycles. The lowest BCUT2D eigenvalue weighted by molar-refractivity contribution is -0.132. The summed E-state index contributed by atoms with van der Waals surface area (Å²) in [4.78, 5) is 10.9. The Labute approximate surface area is 120 Å². The molecule has 2 N–H and O–H groups in total. The van der Waals surface area contributed by atoms with Crippen molar-refractivity contribution in [2.75, 3.05) is 19.7 Å². The van der Waals surface area contributed by atoms with E-state index in [4.69, 9.17) is 22.1 Å². The molecule has 0 spiro atoms. The molecule has 1 unspecified atom stereocenters. The van der Waals surface area contributed by atoms with Gasteiger partial charge in [-0.15, -0.1) is 0 Å². The molecule has 9 heteroatoms. The number of hydrogen-bond donors (Lipinski definition) is 1. The van der Waals surface area contributed by atoms with Crippen LogP contribution in [-0.4, -0.2) is 44.4 Å². The van der Waals surface area contributed by atoms with Gasteiger partial charge < -0.3 is 10.5 Å². The molecule has 2 rings (SSSR count). The van der Waals surface area contributed by atoms with Crippen LogP contribution in [0.2, 0.25) is 5.02 Å². The van der Waals surface area contributed by atoms with Crippen molar-refractivity contribution >= 4 is 27.5 Å². The number of benzene rings is 1. The first kappa shape index (κ1) is 15.2. The van der Waals surface area contributed by atoms with Crippen LogP contribution in [0.4, 0.5) is 4.39 Å². The normalized spacial score (nSPS) is 20.8. The van der Waals surface area contributed by atoms with Crippen LogP contribution in [0.15, 0.2) is 23.1 Å². The molecule has 20 heavy (non-hydrogen) atoms. The fourth-order valence-electron chi connectivity index (χ4n) is 1.80. The van der Waals surface area contributed by atoms with Gasteiger partial charge in [-0.05, 0) is 18.2 Å². The van der Waals surface area contributed by atoms with E-state index in [2.05, 4.69) is 0 Å². The van der Waals surface area contributed by atoms with E-state index in [1.54, 1.807) is 0 Å². The highest BCUT2D eigenvalue weighted by molar-refractivity contribution is 7.89. The number of nitrogens with two attached hydrogens (primary N) is 1. The number of amides is 1. The zero-order valence-electron chi connectivity index (χ0n) is 10.3. The molecule has 110 valence electrons. The van der Waals surface area contributed by atoms with Crippen LogP contribution >= 0.6 is 11.6 Å². The van der Waals surface area contributed by atoms with Gasteiger partial charge in [0.1, 0.15) is 11.9 Å². The molecule has 1 aromatic rings. The monoisotopic (exact) mass is 322 g/mol. The quantitative estimate of drug-likeness (QED) is 0.869. The third-order valence-corrected chi connectivity index (χ3v) is 5.03. The summed E-state index contributed by atoms with van der Waals surface area (Å²) in [6.07, 6.45) is -0.991. The summed E-state index contributed by atoms with van der Waals surface area (Å²) in [5, 5.41) is -0.286. The highest BCUT2D eigenvalue weighted by Gasteiger charge is 2.33. The first-order valence-corrected chi connectivity index (χ1v) is 7.50. The second-order valence-corrected chi connectivity index (χ2v) is 6.55. The topological polar surface area (TPSA) is 89.7 Å². The number of carbonyl (C=O) groups excluding carboxylic acids is 1. The van der Waals surface area contributed by atoms with E-state index in [0.29, 0.717) is 0 Å². The molecule has 0 aliphatic carbocycles. The van der Waals surface area contributed by atoms with Gasteiger partial charge in [0.05, 0.1) is 16.5 Å². The Kier molecular flexibility index (Phi) is 4.28. The Morgan fingerprint density at radius 3 is 2.80 bits per heavy atom. The van der Waals surface area contributed by atoms with Crippen molar-refractivity contribution in [3.05, 3.63) is 29.0 Å². The second kappa shape index (κ2) is 5.65. The molecular formula is C11H12ClFN2O4S. The van der Waals surface area contributed by atoms with Gasteiger partial charge >= 0.3 is 0 Å². The van der Waals surface area contributed by atoms with Crippen LogP contribution < -0.4 is 5.73 Å². The first-order valence-electron chi connectivity index (χ1n) is 5.68. The fraction of sp³-hybridized carbons (Fsp3) is 0.364. The molecule has 0 radical (unpaired) electrons. The summed E-state index contributed by atoms with van der Waals surface area (Å²) in [5.74, 6) is -1.44. The van der Waals surface area contributed by atoms with Crippen molar-refractivity contribution < 1.29 is 22.3 Å². The van der Waals surface area contributed by atoms with Crippen molar-refractivity contribution in [3.63, 3.8) is 0 Å². The van der Waals surface area contributed by atoms with Gasteiger partial charge in [-0.3, -0.25) is 4.79 Å². The van der Waals surface area contributed by atoms with Crippen molar-refractivity contribution in [1.82, 2.24) is 4.31 Å². The van der Waals surface area contributed by atoms with E-state index >= 15 is 0 Å². The summed E-state index contributed by atoms with van der Waals surface area (Å²) < 4.78 is 43.9. The van der Waals surface area contributed by atoms with Crippen molar-refractivity contribution in [1.29, 1.82) is 0 Å². The highest BCUT2D eigenvalue weighted by Crippen LogP contribution is 2.23. The number of primary amides is 1. The van der Waals surface area contributed by atoms with Crippen LogP contribution in [0.25, 0.3) is 0 Å². The van der Waals surface area contributed by atoms with E-state index in [9.17, 15) is 17.6 Å². The molecule has 1 aliphatic heterocycles. The Morgan fingerprint density at radius 2 is 2.20 bits per heavy atom. The Balaban J connectivity index is 2.29. The lowest BCUT2D eigenvalue weighted by Crippen LogP contribution is -2.50. The minimum Gasteiger partial charge on any atom is -0.367 e. The molecule has 1 aromatic carbocycles. The fourth-order valence-corrected chi connectivity index (χ4v) is 3.50. The van der Waals surface area contributed by atoms with E-state index in [1.807, 2.05) is 0 Å². The van der Waals surface area contributed by atoms with Gasteiger partial charge in [0.15, 0.2) is 0 Å². The zero-order chi connectivity index (χ0) is 14.9. The van der Waals surface area contributed by atoms with Gasteiger partial charge in [-0.1, -0.05) is 11.6 Å². The summed E-state index contributed by atoms with van der Waals surface area (Å²) in [6.45, 7) is -0.0322. The number of hydrogen-bond acceptors (Lipinski definition) is 4. The number of rotatable bonds is 3. The van der Waals surface area contributed by atoms with Crippen LogP contribution in [0, 0.1) is 5.82 Å². The number of morpholine rings is 1. The molecule has 1 aliphatic rings. The first-order chi connectivity index (χ1) is 9.32. The van der Waals surface area contributed by atoms with Gasteiger partial charge in [0.2, 0.25) is 15.9 Å². The average Bonchev–Trinajstić information content (AvgIpc) is 2.42. The van der Waals surface area contributed by atoms with Crippen LogP contribution in [-0.2, 0) is 19.6 Å². The number of nitrogens with zero attached hydrogens (tertiary/aromatic N) is 1. The lowest BCUT2D eigenvalue weighted by atomic mass is 10.3.